The second kappa shape index (κ2) is 13.5. The van der Waals surface area contributed by atoms with Crippen LogP contribution in [0.25, 0.3) is 11.1 Å². The molecule has 0 saturated heterocycles. The maximum Gasteiger partial charge on any atom is 0.416 e. The van der Waals surface area contributed by atoms with Crippen LogP contribution in [0.5, 0.6) is 5.75 Å². The summed E-state index contributed by atoms with van der Waals surface area (Å²) in [4.78, 5) is 22.8. The lowest BCUT2D eigenvalue weighted by molar-refractivity contribution is -0.138. The van der Waals surface area contributed by atoms with Crippen molar-refractivity contribution in [3.05, 3.63) is 82.6 Å². The lowest BCUT2D eigenvalue weighted by Gasteiger charge is -2.26. The number of hydrogen-bond donors (Lipinski definition) is 3. The molecule has 0 saturated carbocycles. The molecule has 0 spiro atoms. The molecule has 0 aliphatic rings. The number of benzene rings is 3. The van der Waals surface area contributed by atoms with E-state index >= 15 is 0 Å². The number of carbonyl (C=O) groups is 2. The number of carboxylic acids is 1. The minimum absolute atomic E-state index is 0.0283. The van der Waals surface area contributed by atoms with Crippen LogP contribution < -0.4 is 15.4 Å². The van der Waals surface area contributed by atoms with E-state index in [9.17, 15) is 27.2 Å². The first kappa shape index (κ1) is 30.7. The van der Waals surface area contributed by atoms with Crippen molar-refractivity contribution in [2.75, 3.05) is 18.5 Å². The van der Waals surface area contributed by atoms with Crippen molar-refractivity contribution in [2.24, 2.45) is 5.92 Å². The molecule has 40 heavy (non-hydrogen) atoms. The van der Waals surface area contributed by atoms with Crippen LogP contribution in [-0.2, 0) is 11.0 Å². The Bertz CT molecular complexity index is 1330. The van der Waals surface area contributed by atoms with Gasteiger partial charge in [-0.2, -0.15) is 13.2 Å². The van der Waals surface area contributed by atoms with Crippen LogP contribution in [0.15, 0.2) is 60.7 Å². The summed E-state index contributed by atoms with van der Waals surface area (Å²) in [6.45, 7) is 4.26. The van der Waals surface area contributed by atoms with Crippen LogP contribution in [0.3, 0.4) is 0 Å². The highest BCUT2D eigenvalue weighted by Gasteiger charge is 2.31. The standard InChI is InChI=1S/C29H29ClF4N2O4/c1-3-17(2)26(36-20-7-4-18(5-8-20)28(39)35-13-12-27(37)38)16-40-21-9-11-23(25(31)15-21)22-10-6-19(14-24(22)30)29(32,33)34/h4-11,14-15,17,26,36H,3,12-13,16H2,1-2H3,(H,35,39)(H,37,38)/t17-,26+/m0/s1. The van der Waals surface area contributed by atoms with Gasteiger partial charge in [0.2, 0.25) is 0 Å². The zero-order valence-electron chi connectivity index (χ0n) is 21.8. The summed E-state index contributed by atoms with van der Waals surface area (Å²) in [5.41, 5.74) is 0.385. The molecule has 2 atom stereocenters. The quantitative estimate of drug-likeness (QED) is 0.196. The highest BCUT2D eigenvalue weighted by molar-refractivity contribution is 6.33. The van der Waals surface area contributed by atoms with E-state index in [1.807, 2.05) is 13.8 Å². The molecule has 3 aromatic rings. The molecule has 3 N–H and O–H groups in total. The van der Waals surface area contributed by atoms with Crippen molar-refractivity contribution in [1.82, 2.24) is 5.32 Å². The monoisotopic (exact) mass is 580 g/mol. The Kier molecular flexibility index (Phi) is 10.4. The number of alkyl halides is 3. The zero-order valence-corrected chi connectivity index (χ0v) is 22.6. The normalized spacial score (nSPS) is 12.9. The van der Waals surface area contributed by atoms with Crippen LogP contribution in [-0.4, -0.2) is 36.2 Å². The van der Waals surface area contributed by atoms with Gasteiger partial charge in [0.05, 0.1) is 18.0 Å². The first-order valence-corrected chi connectivity index (χ1v) is 12.9. The van der Waals surface area contributed by atoms with E-state index in [-0.39, 0.29) is 59.3 Å². The third-order valence-corrected chi connectivity index (χ3v) is 6.72. The molecule has 0 radical (unpaired) electrons. The van der Waals surface area contributed by atoms with Gasteiger partial charge in [0.25, 0.3) is 5.91 Å². The number of nitrogens with one attached hydrogen (secondary N) is 2. The first-order valence-electron chi connectivity index (χ1n) is 12.5. The van der Waals surface area contributed by atoms with E-state index in [1.54, 1.807) is 24.3 Å². The molecule has 1 amide bonds. The number of halogens is 5. The Hall–Kier alpha value is -3.79. The van der Waals surface area contributed by atoms with E-state index in [4.69, 9.17) is 21.4 Å². The molecule has 3 rings (SSSR count). The van der Waals surface area contributed by atoms with Gasteiger partial charge in [-0.25, -0.2) is 4.39 Å². The van der Waals surface area contributed by atoms with Gasteiger partial charge in [-0.1, -0.05) is 37.9 Å². The van der Waals surface area contributed by atoms with Gasteiger partial charge in [0, 0.05) is 40.0 Å². The maximum absolute atomic E-state index is 14.9. The summed E-state index contributed by atoms with van der Waals surface area (Å²) in [7, 11) is 0. The van der Waals surface area contributed by atoms with E-state index in [1.165, 1.54) is 12.1 Å². The summed E-state index contributed by atoms with van der Waals surface area (Å²) in [6.07, 6.45) is -3.90. The Morgan fingerprint density at radius 1 is 1.02 bits per heavy atom. The van der Waals surface area contributed by atoms with E-state index in [0.717, 1.165) is 36.4 Å². The summed E-state index contributed by atoms with van der Waals surface area (Å²) < 4.78 is 59.6. The molecule has 0 aromatic heterocycles. The van der Waals surface area contributed by atoms with Crippen LogP contribution in [0, 0.1) is 11.7 Å². The van der Waals surface area contributed by atoms with Gasteiger partial charge < -0.3 is 20.5 Å². The Morgan fingerprint density at radius 3 is 2.27 bits per heavy atom. The van der Waals surface area contributed by atoms with Crippen LogP contribution in [0.2, 0.25) is 5.02 Å². The number of rotatable bonds is 12. The Labute approximate surface area is 234 Å². The third kappa shape index (κ3) is 8.35. The molecular weight excluding hydrogens is 552 g/mol. The number of aliphatic carboxylic acids is 1. The largest absolute Gasteiger partial charge is 0.491 e. The van der Waals surface area contributed by atoms with Crippen molar-refractivity contribution in [1.29, 1.82) is 0 Å². The van der Waals surface area contributed by atoms with Gasteiger partial charge in [0.15, 0.2) is 0 Å². The SMILES string of the molecule is CC[C@H](C)[C@@H](COc1ccc(-c2ccc(C(F)(F)F)cc2Cl)c(F)c1)Nc1ccc(C(=O)NCCC(=O)O)cc1. The van der Waals surface area contributed by atoms with E-state index < -0.39 is 23.5 Å². The van der Waals surface area contributed by atoms with Crippen molar-refractivity contribution in [3.63, 3.8) is 0 Å². The van der Waals surface area contributed by atoms with Crippen LogP contribution in [0.1, 0.15) is 42.6 Å². The molecule has 3 aromatic carbocycles. The molecule has 11 heteroatoms. The van der Waals surface area contributed by atoms with Crippen LogP contribution >= 0.6 is 11.6 Å². The van der Waals surface area contributed by atoms with E-state index in [0.29, 0.717) is 5.56 Å². The fraction of sp³-hybridized carbons (Fsp3) is 0.310. The lowest BCUT2D eigenvalue weighted by Crippen LogP contribution is -2.33. The van der Waals surface area contributed by atoms with Gasteiger partial charge in [-0.15, -0.1) is 0 Å². The van der Waals surface area contributed by atoms with Crippen molar-refractivity contribution >= 4 is 29.2 Å². The summed E-state index contributed by atoms with van der Waals surface area (Å²) in [6, 6.07) is 13.4. The molecule has 0 bridgehead atoms. The highest BCUT2D eigenvalue weighted by Crippen LogP contribution is 2.37. The molecule has 0 aliphatic heterocycles. The second-order valence-electron chi connectivity index (χ2n) is 9.26. The number of carboxylic acid groups (broad SMARTS) is 1. The van der Waals surface area contributed by atoms with Gasteiger partial charge in [-0.05, 0) is 54.4 Å². The van der Waals surface area contributed by atoms with Crippen molar-refractivity contribution in [2.45, 2.75) is 38.9 Å². The topological polar surface area (TPSA) is 87.7 Å². The minimum Gasteiger partial charge on any atom is -0.491 e. The predicted molar refractivity (Wildman–Crippen MR) is 145 cm³/mol. The first-order chi connectivity index (χ1) is 18.9. The molecule has 0 unspecified atom stereocenters. The summed E-state index contributed by atoms with van der Waals surface area (Å²) >= 11 is 6.02. The predicted octanol–water partition coefficient (Wildman–Crippen LogP) is 7.28. The lowest BCUT2D eigenvalue weighted by atomic mass is 9.99. The molecule has 214 valence electrons. The molecule has 0 fully saturated rings. The number of carbonyl (C=O) groups excluding carboxylic acids is 1. The van der Waals surface area contributed by atoms with Gasteiger partial charge in [-0.3, -0.25) is 9.59 Å². The number of ether oxygens (including phenoxy) is 1. The van der Waals surface area contributed by atoms with Crippen LogP contribution in [0.4, 0.5) is 23.2 Å². The average Bonchev–Trinajstić information content (AvgIpc) is 2.90. The minimum atomic E-state index is -4.56. The zero-order chi connectivity index (χ0) is 29.4. The van der Waals surface area contributed by atoms with Gasteiger partial charge in [0.1, 0.15) is 18.2 Å². The number of hydrogen-bond acceptors (Lipinski definition) is 4. The van der Waals surface area contributed by atoms with Gasteiger partial charge >= 0.3 is 12.1 Å². The Balaban J connectivity index is 1.66. The molecule has 0 aliphatic carbocycles. The summed E-state index contributed by atoms with van der Waals surface area (Å²) in [5, 5.41) is 14.4. The summed E-state index contributed by atoms with van der Waals surface area (Å²) in [5.74, 6) is -1.66. The smallest absolute Gasteiger partial charge is 0.416 e. The average molecular weight is 581 g/mol. The fourth-order valence-electron chi connectivity index (χ4n) is 3.85. The number of anilines is 1. The Morgan fingerprint density at radius 2 is 1.70 bits per heavy atom. The molecule has 0 heterocycles. The van der Waals surface area contributed by atoms with Crippen molar-refractivity contribution < 1.29 is 37.0 Å². The fourth-order valence-corrected chi connectivity index (χ4v) is 4.13. The van der Waals surface area contributed by atoms with E-state index in [2.05, 4.69) is 10.6 Å². The highest BCUT2D eigenvalue weighted by atomic mass is 35.5. The number of amides is 1. The molecular formula is C29H29ClF4N2O4. The maximum atomic E-state index is 14.9. The third-order valence-electron chi connectivity index (χ3n) is 6.41. The van der Waals surface area contributed by atoms with Crippen molar-refractivity contribution in [3.8, 4) is 16.9 Å². The second-order valence-corrected chi connectivity index (χ2v) is 9.67. The molecule has 6 nitrogen and oxygen atoms in total.